The SMILES string of the molecule is CCCCn1c(=O)n(CCCCc2nc(-c3ccccc3F)no2)c(=O)c2[nH]c(Cl)nc21. The average Bonchev–Trinajstić information content (AvgIpc) is 3.40. The van der Waals surface area contributed by atoms with E-state index in [4.69, 9.17) is 16.1 Å². The van der Waals surface area contributed by atoms with Crippen LogP contribution in [0.5, 0.6) is 0 Å². The first kappa shape index (κ1) is 21.9. The number of hydrogen-bond donors (Lipinski definition) is 1. The van der Waals surface area contributed by atoms with Crippen molar-refractivity contribution in [2.75, 3.05) is 0 Å². The van der Waals surface area contributed by atoms with Gasteiger partial charge >= 0.3 is 5.69 Å². The third kappa shape index (κ3) is 4.36. The minimum atomic E-state index is -0.447. The number of nitrogens with one attached hydrogen (secondary N) is 1. The molecule has 1 aromatic carbocycles. The van der Waals surface area contributed by atoms with Gasteiger partial charge in [-0.25, -0.2) is 9.18 Å². The summed E-state index contributed by atoms with van der Waals surface area (Å²) in [5.74, 6) is 0.134. The van der Waals surface area contributed by atoms with E-state index in [1.807, 2.05) is 6.92 Å². The van der Waals surface area contributed by atoms with Crippen LogP contribution in [0.25, 0.3) is 22.6 Å². The molecule has 0 aliphatic rings. The molecule has 0 spiro atoms. The van der Waals surface area contributed by atoms with Crippen molar-refractivity contribution in [3.05, 3.63) is 62.1 Å². The van der Waals surface area contributed by atoms with Crippen LogP contribution in [0.15, 0.2) is 38.4 Å². The standard InChI is InChI=1S/C21H22ClFN6O3/c1-2-3-11-28-18-16(25-20(22)26-18)19(30)29(21(28)31)12-7-6-10-15-24-17(27-32-15)13-8-4-5-9-14(13)23/h4-5,8-9H,2-3,6-7,10-12H2,1H3,(H,25,26). The summed E-state index contributed by atoms with van der Waals surface area (Å²) in [6.07, 6.45) is 3.25. The number of rotatable bonds is 9. The van der Waals surface area contributed by atoms with Crippen LogP contribution in [0.4, 0.5) is 4.39 Å². The Bertz CT molecular complexity index is 1360. The van der Waals surface area contributed by atoms with E-state index in [1.165, 1.54) is 15.2 Å². The van der Waals surface area contributed by atoms with Crippen molar-refractivity contribution in [3.8, 4) is 11.4 Å². The number of benzene rings is 1. The molecule has 4 aromatic rings. The molecule has 0 unspecified atom stereocenters. The Morgan fingerprint density at radius 1 is 1.09 bits per heavy atom. The normalized spacial score (nSPS) is 11.5. The van der Waals surface area contributed by atoms with Crippen LogP contribution < -0.4 is 11.2 Å². The molecular weight excluding hydrogens is 439 g/mol. The highest BCUT2D eigenvalue weighted by Crippen LogP contribution is 2.19. The minimum Gasteiger partial charge on any atom is -0.339 e. The van der Waals surface area contributed by atoms with Gasteiger partial charge in [-0.2, -0.15) is 9.97 Å². The van der Waals surface area contributed by atoms with Crippen molar-refractivity contribution in [2.24, 2.45) is 0 Å². The topological polar surface area (TPSA) is 112 Å². The van der Waals surface area contributed by atoms with E-state index in [0.29, 0.717) is 31.7 Å². The third-order valence-corrected chi connectivity index (χ3v) is 5.35. The molecule has 0 atom stereocenters. The third-order valence-electron chi connectivity index (χ3n) is 5.17. The second-order valence-corrected chi connectivity index (χ2v) is 7.78. The number of imidazole rings is 1. The van der Waals surface area contributed by atoms with Crippen LogP contribution in [0.1, 0.15) is 38.5 Å². The molecule has 3 aromatic heterocycles. The largest absolute Gasteiger partial charge is 0.339 e. The average molecular weight is 461 g/mol. The summed E-state index contributed by atoms with van der Waals surface area (Å²) in [4.78, 5) is 36.8. The lowest BCUT2D eigenvalue weighted by Gasteiger charge is -2.10. The zero-order valence-corrected chi connectivity index (χ0v) is 18.2. The highest BCUT2D eigenvalue weighted by Gasteiger charge is 2.17. The summed E-state index contributed by atoms with van der Waals surface area (Å²) >= 11 is 5.94. The molecule has 1 N–H and O–H groups in total. The van der Waals surface area contributed by atoms with Gasteiger partial charge in [0.1, 0.15) is 5.82 Å². The smallest absolute Gasteiger partial charge is 0.332 e. The first-order valence-corrected chi connectivity index (χ1v) is 10.8. The van der Waals surface area contributed by atoms with Crippen LogP contribution in [0.2, 0.25) is 5.28 Å². The number of halogens is 2. The first-order valence-electron chi connectivity index (χ1n) is 10.5. The Morgan fingerprint density at radius 3 is 2.66 bits per heavy atom. The van der Waals surface area contributed by atoms with Crippen molar-refractivity contribution in [3.63, 3.8) is 0 Å². The van der Waals surface area contributed by atoms with E-state index in [1.54, 1.807) is 18.2 Å². The molecule has 0 saturated heterocycles. The first-order chi connectivity index (χ1) is 15.5. The molecule has 3 heterocycles. The fourth-order valence-electron chi connectivity index (χ4n) is 3.51. The molecule has 0 amide bonds. The molecule has 0 aliphatic carbocycles. The van der Waals surface area contributed by atoms with Gasteiger partial charge in [0.25, 0.3) is 5.56 Å². The summed E-state index contributed by atoms with van der Waals surface area (Å²) in [6.45, 7) is 2.70. The van der Waals surface area contributed by atoms with Crippen LogP contribution in [-0.4, -0.2) is 29.2 Å². The number of H-pyrrole nitrogens is 1. The monoisotopic (exact) mass is 460 g/mol. The van der Waals surface area contributed by atoms with E-state index < -0.39 is 17.1 Å². The molecule has 0 bridgehead atoms. The highest BCUT2D eigenvalue weighted by molar-refractivity contribution is 6.28. The van der Waals surface area contributed by atoms with Crippen LogP contribution >= 0.6 is 11.6 Å². The zero-order valence-electron chi connectivity index (χ0n) is 17.5. The van der Waals surface area contributed by atoms with Crippen molar-refractivity contribution in [1.82, 2.24) is 29.2 Å². The van der Waals surface area contributed by atoms with Crippen molar-refractivity contribution in [2.45, 2.75) is 52.1 Å². The number of aromatic nitrogens is 6. The molecular formula is C21H22ClFN6O3. The van der Waals surface area contributed by atoms with Crippen LogP contribution in [-0.2, 0) is 19.5 Å². The number of unbranched alkanes of at least 4 members (excludes halogenated alkanes) is 2. The molecule has 11 heteroatoms. The lowest BCUT2D eigenvalue weighted by atomic mass is 10.2. The van der Waals surface area contributed by atoms with E-state index in [-0.39, 0.29) is 34.4 Å². The molecule has 0 aliphatic heterocycles. The number of aromatic amines is 1. The summed E-state index contributed by atoms with van der Waals surface area (Å²) < 4.78 is 21.8. The molecule has 0 saturated carbocycles. The maximum atomic E-state index is 13.9. The van der Waals surface area contributed by atoms with Crippen molar-refractivity contribution in [1.29, 1.82) is 0 Å². The molecule has 0 fully saturated rings. The summed E-state index contributed by atoms with van der Waals surface area (Å²) in [5.41, 5.74) is -0.0814. The van der Waals surface area contributed by atoms with Gasteiger partial charge in [0.05, 0.1) is 5.56 Å². The summed E-state index contributed by atoms with van der Waals surface area (Å²) in [6, 6.07) is 6.20. The van der Waals surface area contributed by atoms with E-state index in [2.05, 4.69) is 20.1 Å². The van der Waals surface area contributed by atoms with Gasteiger partial charge in [0, 0.05) is 19.5 Å². The fourth-order valence-corrected chi connectivity index (χ4v) is 3.68. The Balaban J connectivity index is 1.47. The Morgan fingerprint density at radius 2 is 1.88 bits per heavy atom. The number of hydrogen-bond acceptors (Lipinski definition) is 6. The van der Waals surface area contributed by atoms with Gasteiger partial charge < -0.3 is 9.51 Å². The maximum Gasteiger partial charge on any atom is 0.332 e. The van der Waals surface area contributed by atoms with Gasteiger partial charge in [0.2, 0.25) is 17.0 Å². The lowest BCUT2D eigenvalue weighted by molar-refractivity contribution is 0.372. The van der Waals surface area contributed by atoms with Crippen LogP contribution in [0.3, 0.4) is 0 Å². The van der Waals surface area contributed by atoms with E-state index in [9.17, 15) is 14.0 Å². The maximum absolute atomic E-state index is 13.9. The number of nitrogens with zero attached hydrogens (tertiary/aromatic N) is 5. The molecule has 168 valence electrons. The number of aryl methyl sites for hydroxylation is 2. The number of fused-ring (bicyclic) bond motifs is 1. The molecule has 4 rings (SSSR count). The Labute approximate surface area is 186 Å². The van der Waals surface area contributed by atoms with Gasteiger partial charge in [-0.05, 0) is 43.0 Å². The molecule has 0 radical (unpaired) electrons. The van der Waals surface area contributed by atoms with Crippen molar-refractivity contribution < 1.29 is 8.91 Å². The highest BCUT2D eigenvalue weighted by atomic mass is 35.5. The van der Waals surface area contributed by atoms with E-state index >= 15 is 0 Å². The molecule has 32 heavy (non-hydrogen) atoms. The summed E-state index contributed by atoms with van der Waals surface area (Å²) in [7, 11) is 0. The van der Waals surface area contributed by atoms with Gasteiger partial charge in [-0.3, -0.25) is 13.9 Å². The van der Waals surface area contributed by atoms with Gasteiger partial charge in [-0.1, -0.05) is 30.6 Å². The summed E-state index contributed by atoms with van der Waals surface area (Å²) in [5, 5.41) is 3.90. The quantitative estimate of drug-likeness (QED) is 0.302. The predicted molar refractivity (Wildman–Crippen MR) is 117 cm³/mol. The predicted octanol–water partition coefficient (Wildman–Crippen LogP) is 3.55. The van der Waals surface area contributed by atoms with Crippen molar-refractivity contribution >= 4 is 22.8 Å². The van der Waals surface area contributed by atoms with Crippen LogP contribution in [0, 0.1) is 5.82 Å². The second kappa shape index (κ2) is 9.47. The Kier molecular flexibility index (Phi) is 6.50. The van der Waals surface area contributed by atoms with Gasteiger partial charge in [0.15, 0.2) is 11.2 Å². The lowest BCUT2D eigenvalue weighted by Crippen LogP contribution is -2.40. The van der Waals surface area contributed by atoms with E-state index in [0.717, 1.165) is 12.8 Å². The minimum absolute atomic E-state index is 0.0709. The zero-order chi connectivity index (χ0) is 22.7. The van der Waals surface area contributed by atoms with Gasteiger partial charge in [-0.15, -0.1) is 0 Å². The fraction of sp³-hybridized carbons (Fsp3) is 0.381. The second-order valence-electron chi connectivity index (χ2n) is 7.42. The Hall–Kier alpha value is -3.27. The molecule has 9 nitrogen and oxygen atoms in total.